The molecule has 1 heterocycles. The van der Waals surface area contributed by atoms with Gasteiger partial charge in [-0.1, -0.05) is 58.4 Å². The zero-order chi connectivity index (χ0) is 19.7. The Labute approximate surface area is 169 Å². The lowest BCUT2D eigenvalue weighted by atomic mass is 10.1. The second-order valence-corrected chi connectivity index (χ2v) is 8.40. The number of hydrogen-bond donors (Lipinski definition) is 0. The standard InChI is InChI=1S/C21H13BrO5S/c22-15-10-12-16(13-11-15)28(24,25)27-21-19(23)17-8-4-5-9-18(17)26-20(21)14-6-2-1-3-7-14/h1-13H. The van der Waals surface area contributed by atoms with Gasteiger partial charge in [0.1, 0.15) is 10.5 Å². The highest BCUT2D eigenvalue weighted by Crippen LogP contribution is 2.32. The lowest BCUT2D eigenvalue weighted by Gasteiger charge is -2.11. The van der Waals surface area contributed by atoms with Crippen LogP contribution in [-0.2, 0) is 10.1 Å². The van der Waals surface area contributed by atoms with Gasteiger partial charge in [0.25, 0.3) is 0 Å². The molecule has 3 aromatic carbocycles. The number of halogens is 1. The average Bonchev–Trinajstić information content (AvgIpc) is 2.71. The average molecular weight is 457 g/mol. The molecule has 0 aliphatic rings. The summed E-state index contributed by atoms with van der Waals surface area (Å²) in [6.07, 6.45) is 0. The second kappa shape index (κ2) is 7.26. The van der Waals surface area contributed by atoms with Crippen molar-refractivity contribution in [1.82, 2.24) is 0 Å². The highest BCUT2D eigenvalue weighted by atomic mass is 79.9. The third-order valence-electron chi connectivity index (χ3n) is 4.09. The molecule has 0 fully saturated rings. The zero-order valence-electron chi connectivity index (χ0n) is 14.3. The molecule has 0 saturated heterocycles. The van der Waals surface area contributed by atoms with Gasteiger partial charge in [-0.05, 0) is 36.4 Å². The van der Waals surface area contributed by atoms with E-state index >= 15 is 0 Å². The van der Waals surface area contributed by atoms with Crippen LogP contribution in [0.2, 0.25) is 0 Å². The molecule has 0 N–H and O–H groups in total. The molecule has 5 nitrogen and oxygen atoms in total. The maximum Gasteiger partial charge on any atom is 0.339 e. The summed E-state index contributed by atoms with van der Waals surface area (Å²) >= 11 is 3.26. The molecule has 0 aliphatic carbocycles. The molecule has 0 unspecified atom stereocenters. The van der Waals surface area contributed by atoms with Crippen LogP contribution in [0.5, 0.6) is 5.75 Å². The normalized spacial score (nSPS) is 11.5. The fourth-order valence-corrected chi connectivity index (χ4v) is 3.94. The predicted octanol–water partition coefficient (Wildman–Crippen LogP) is 4.99. The lowest BCUT2D eigenvalue weighted by molar-refractivity contribution is 0.472. The van der Waals surface area contributed by atoms with Crippen molar-refractivity contribution in [2.45, 2.75) is 4.90 Å². The summed E-state index contributed by atoms with van der Waals surface area (Å²) < 4.78 is 37.4. The van der Waals surface area contributed by atoms with Crippen molar-refractivity contribution in [2.24, 2.45) is 0 Å². The van der Waals surface area contributed by atoms with Crippen LogP contribution in [0, 0.1) is 0 Å². The molecule has 0 saturated carbocycles. The number of rotatable bonds is 4. The molecule has 0 radical (unpaired) electrons. The van der Waals surface area contributed by atoms with Gasteiger partial charge in [0.2, 0.25) is 11.2 Å². The molecule has 0 bridgehead atoms. The summed E-state index contributed by atoms with van der Waals surface area (Å²) in [5.41, 5.74) is 0.326. The fraction of sp³-hybridized carbons (Fsp3) is 0. The Morgan fingerprint density at radius 2 is 1.46 bits per heavy atom. The number of para-hydroxylation sites is 1. The molecule has 4 aromatic rings. The molecule has 0 spiro atoms. The summed E-state index contributed by atoms with van der Waals surface area (Å²) in [6.45, 7) is 0. The van der Waals surface area contributed by atoms with E-state index in [1.54, 1.807) is 60.7 Å². The van der Waals surface area contributed by atoms with Crippen molar-refractivity contribution in [2.75, 3.05) is 0 Å². The van der Waals surface area contributed by atoms with E-state index in [-0.39, 0.29) is 21.8 Å². The minimum Gasteiger partial charge on any atom is -0.452 e. The van der Waals surface area contributed by atoms with Gasteiger partial charge in [0.05, 0.1) is 5.39 Å². The Bertz CT molecular complexity index is 1310. The van der Waals surface area contributed by atoms with Crippen LogP contribution in [0.15, 0.2) is 97.4 Å². The van der Waals surface area contributed by atoms with Gasteiger partial charge in [-0.25, -0.2) is 0 Å². The second-order valence-electron chi connectivity index (χ2n) is 5.94. The molecular weight excluding hydrogens is 444 g/mol. The first-order valence-corrected chi connectivity index (χ1v) is 10.5. The van der Waals surface area contributed by atoms with Crippen LogP contribution in [0.4, 0.5) is 0 Å². The van der Waals surface area contributed by atoms with Gasteiger partial charge in [-0.15, -0.1) is 0 Å². The molecule has 4 rings (SSSR count). The van der Waals surface area contributed by atoms with Crippen molar-refractivity contribution in [3.05, 3.63) is 93.6 Å². The summed E-state index contributed by atoms with van der Waals surface area (Å²) in [4.78, 5) is 13.0. The minimum atomic E-state index is -4.23. The summed E-state index contributed by atoms with van der Waals surface area (Å²) in [5, 5.41) is 0.239. The molecule has 0 amide bonds. The van der Waals surface area contributed by atoms with Crippen molar-refractivity contribution >= 4 is 37.0 Å². The zero-order valence-corrected chi connectivity index (χ0v) is 16.7. The van der Waals surface area contributed by atoms with Gasteiger partial charge >= 0.3 is 10.1 Å². The first-order chi connectivity index (χ1) is 13.5. The van der Waals surface area contributed by atoms with E-state index in [4.69, 9.17) is 8.60 Å². The quantitative estimate of drug-likeness (QED) is 0.404. The highest BCUT2D eigenvalue weighted by Gasteiger charge is 2.24. The Morgan fingerprint density at radius 3 is 2.18 bits per heavy atom. The SMILES string of the molecule is O=c1c(OS(=O)(=O)c2ccc(Br)cc2)c(-c2ccccc2)oc2ccccc12. The first kappa shape index (κ1) is 18.5. The summed E-state index contributed by atoms with van der Waals surface area (Å²) in [5.74, 6) is -0.308. The van der Waals surface area contributed by atoms with E-state index in [2.05, 4.69) is 15.9 Å². The van der Waals surface area contributed by atoms with Gasteiger partial charge in [0, 0.05) is 10.0 Å². The third-order valence-corrected chi connectivity index (χ3v) is 5.85. The van der Waals surface area contributed by atoms with E-state index in [0.717, 1.165) is 4.47 Å². The van der Waals surface area contributed by atoms with Gasteiger partial charge < -0.3 is 8.60 Å². The topological polar surface area (TPSA) is 73.6 Å². The predicted molar refractivity (Wildman–Crippen MR) is 110 cm³/mol. The Morgan fingerprint density at radius 1 is 0.821 bits per heavy atom. The third kappa shape index (κ3) is 3.46. The largest absolute Gasteiger partial charge is 0.452 e. The van der Waals surface area contributed by atoms with Crippen molar-refractivity contribution < 1.29 is 17.0 Å². The van der Waals surface area contributed by atoms with Crippen LogP contribution in [0.25, 0.3) is 22.3 Å². The molecule has 0 aliphatic heterocycles. The number of benzene rings is 3. The number of hydrogen-bond acceptors (Lipinski definition) is 5. The van der Waals surface area contributed by atoms with Crippen LogP contribution >= 0.6 is 15.9 Å². The molecule has 0 atom stereocenters. The van der Waals surface area contributed by atoms with Crippen LogP contribution in [0.3, 0.4) is 0 Å². The Kier molecular flexibility index (Phi) is 4.78. The molecular formula is C21H13BrO5S. The smallest absolute Gasteiger partial charge is 0.339 e. The van der Waals surface area contributed by atoms with E-state index in [0.29, 0.717) is 11.1 Å². The maximum atomic E-state index is 13.0. The van der Waals surface area contributed by atoms with Crippen LogP contribution in [0.1, 0.15) is 0 Å². The molecule has 7 heteroatoms. The lowest BCUT2D eigenvalue weighted by Crippen LogP contribution is -2.16. The minimum absolute atomic E-state index is 0.0602. The number of fused-ring (bicyclic) bond motifs is 1. The first-order valence-electron chi connectivity index (χ1n) is 8.27. The van der Waals surface area contributed by atoms with Crippen molar-refractivity contribution in [3.8, 4) is 17.1 Å². The van der Waals surface area contributed by atoms with E-state index in [1.165, 1.54) is 12.1 Å². The fourth-order valence-electron chi connectivity index (χ4n) is 2.74. The van der Waals surface area contributed by atoms with E-state index in [1.807, 2.05) is 6.07 Å². The van der Waals surface area contributed by atoms with Gasteiger partial charge in [-0.2, -0.15) is 8.42 Å². The maximum absolute atomic E-state index is 13.0. The van der Waals surface area contributed by atoms with Gasteiger partial charge in [0.15, 0.2) is 5.76 Å². The monoisotopic (exact) mass is 456 g/mol. The molecule has 140 valence electrons. The Balaban J connectivity index is 1.93. The van der Waals surface area contributed by atoms with Gasteiger partial charge in [-0.3, -0.25) is 4.79 Å². The Hall–Kier alpha value is -2.90. The van der Waals surface area contributed by atoms with E-state index < -0.39 is 15.5 Å². The van der Waals surface area contributed by atoms with Crippen molar-refractivity contribution in [3.63, 3.8) is 0 Å². The summed E-state index contributed by atoms with van der Waals surface area (Å²) in [6, 6.07) is 21.3. The summed E-state index contributed by atoms with van der Waals surface area (Å²) in [7, 11) is -4.23. The van der Waals surface area contributed by atoms with Crippen LogP contribution < -0.4 is 9.61 Å². The highest BCUT2D eigenvalue weighted by molar-refractivity contribution is 9.10. The molecule has 1 aromatic heterocycles. The molecule has 28 heavy (non-hydrogen) atoms. The van der Waals surface area contributed by atoms with E-state index in [9.17, 15) is 13.2 Å². The van der Waals surface area contributed by atoms with Crippen LogP contribution in [-0.4, -0.2) is 8.42 Å². The van der Waals surface area contributed by atoms with Crippen molar-refractivity contribution in [1.29, 1.82) is 0 Å².